The Morgan fingerprint density at radius 2 is 1.87 bits per heavy atom. The van der Waals surface area contributed by atoms with Crippen LogP contribution in [0.25, 0.3) is 0 Å². The minimum Gasteiger partial charge on any atom is -0.495 e. The van der Waals surface area contributed by atoms with Crippen LogP contribution < -0.4 is 14.4 Å². The first-order chi connectivity index (χ1) is 14.4. The van der Waals surface area contributed by atoms with Crippen LogP contribution in [0, 0.1) is 0 Å². The van der Waals surface area contributed by atoms with E-state index in [0.717, 1.165) is 12.1 Å². The molecule has 2 aromatic carbocycles. The maximum absolute atomic E-state index is 13.2. The summed E-state index contributed by atoms with van der Waals surface area (Å²) < 4.78 is 72.1. The average molecular weight is 456 g/mol. The quantitative estimate of drug-likeness (QED) is 0.738. The summed E-state index contributed by atoms with van der Waals surface area (Å²) >= 11 is 0. The lowest BCUT2D eigenvalue weighted by atomic mass is 9.98. The number of benzene rings is 2. The second-order valence-corrected chi connectivity index (χ2v) is 9.23. The number of methoxy groups -OCH3 is 1. The summed E-state index contributed by atoms with van der Waals surface area (Å²) in [6.45, 7) is 3.65. The molecule has 0 fully saturated rings. The van der Waals surface area contributed by atoms with E-state index in [2.05, 4.69) is 4.72 Å². The van der Waals surface area contributed by atoms with Gasteiger partial charge in [-0.15, -0.1) is 0 Å². The molecule has 0 aromatic heterocycles. The first kappa shape index (κ1) is 23.1. The molecule has 1 heterocycles. The third-order valence-electron chi connectivity index (χ3n) is 4.86. The first-order valence-corrected chi connectivity index (χ1v) is 11.1. The number of aryl methyl sites for hydroxylation is 1. The fourth-order valence-corrected chi connectivity index (χ4v) is 4.98. The molecule has 1 amide bonds. The van der Waals surface area contributed by atoms with Gasteiger partial charge in [-0.3, -0.25) is 4.79 Å². The van der Waals surface area contributed by atoms with Gasteiger partial charge in [0.05, 0.1) is 12.7 Å². The number of halogens is 3. The minimum atomic E-state index is -4.47. The molecule has 0 bridgehead atoms. The number of hydrogen-bond acceptors (Lipinski definition) is 4. The van der Waals surface area contributed by atoms with E-state index in [1.807, 2.05) is 0 Å². The van der Waals surface area contributed by atoms with Gasteiger partial charge in [0.2, 0.25) is 10.0 Å². The van der Waals surface area contributed by atoms with Gasteiger partial charge in [0.1, 0.15) is 10.6 Å². The Balaban J connectivity index is 2.01. The number of alkyl halides is 3. The second-order valence-electron chi connectivity index (χ2n) is 7.54. The molecule has 0 spiro atoms. The van der Waals surface area contributed by atoms with Crippen LogP contribution in [-0.2, 0) is 22.6 Å². The number of amides is 1. The Kier molecular flexibility index (Phi) is 6.33. The number of nitrogens with one attached hydrogen (secondary N) is 1. The van der Waals surface area contributed by atoms with Crippen molar-refractivity contribution in [1.82, 2.24) is 4.72 Å². The number of rotatable bonds is 5. The number of carbonyl (C=O) groups excluding carboxylic acids is 1. The SMILES string of the molecule is COc1ccc(C(=O)N2CCCc3cc(C(F)(F)F)ccc32)cc1S(=O)(=O)NC(C)C. The standard InChI is InChI=1S/C21H23F3N2O4S/c1-13(2)25-31(28,29)19-12-15(6-9-18(19)30-3)20(27)26-10-4-5-14-11-16(21(22,23)24)7-8-17(14)26/h6-9,11-13,25H,4-5,10H2,1-3H3. The molecule has 10 heteroatoms. The molecule has 168 valence electrons. The molecule has 0 unspecified atom stereocenters. The Labute approximate surface area is 179 Å². The maximum atomic E-state index is 13.2. The topological polar surface area (TPSA) is 75.7 Å². The van der Waals surface area contributed by atoms with E-state index in [-0.39, 0.29) is 22.3 Å². The predicted octanol–water partition coefficient (Wildman–Crippen LogP) is 3.99. The normalized spacial score (nSPS) is 14.5. The highest BCUT2D eigenvalue weighted by Gasteiger charge is 2.33. The molecule has 1 aliphatic heterocycles. The van der Waals surface area contributed by atoms with Crippen molar-refractivity contribution in [1.29, 1.82) is 0 Å². The number of hydrogen-bond donors (Lipinski definition) is 1. The Morgan fingerprint density at radius 3 is 2.48 bits per heavy atom. The summed E-state index contributed by atoms with van der Waals surface area (Å²) in [6, 6.07) is 6.98. The van der Waals surface area contributed by atoms with Crippen LogP contribution in [-0.4, -0.2) is 34.0 Å². The molecule has 2 aromatic rings. The smallest absolute Gasteiger partial charge is 0.416 e. The monoisotopic (exact) mass is 456 g/mol. The van der Waals surface area contributed by atoms with Crippen LogP contribution in [0.15, 0.2) is 41.3 Å². The van der Waals surface area contributed by atoms with Crippen molar-refractivity contribution < 1.29 is 31.1 Å². The number of sulfonamides is 1. The highest BCUT2D eigenvalue weighted by molar-refractivity contribution is 7.89. The molecular formula is C21H23F3N2O4S. The fourth-order valence-electron chi connectivity index (χ4n) is 3.53. The van der Waals surface area contributed by atoms with Crippen LogP contribution in [0.3, 0.4) is 0 Å². The van der Waals surface area contributed by atoms with E-state index in [0.29, 0.717) is 30.6 Å². The highest BCUT2D eigenvalue weighted by Crippen LogP contribution is 2.36. The van der Waals surface area contributed by atoms with E-state index in [1.54, 1.807) is 13.8 Å². The third-order valence-corrected chi connectivity index (χ3v) is 6.54. The van der Waals surface area contributed by atoms with Crippen LogP contribution in [0.4, 0.5) is 18.9 Å². The number of ether oxygens (including phenoxy) is 1. The number of anilines is 1. The zero-order chi connectivity index (χ0) is 23.0. The zero-order valence-corrected chi connectivity index (χ0v) is 18.1. The van der Waals surface area contributed by atoms with Gasteiger partial charge in [-0.05, 0) is 68.7 Å². The highest BCUT2D eigenvalue weighted by atomic mass is 32.2. The molecule has 31 heavy (non-hydrogen) atoms. The van der Waals surface area contributed by atoms with Crippen LogP contribution in [0.5, 0.6) is 5.75 Å². The number of fused-ring (bicyclic) bond motifs is 1. The van der Waals surface area contributed by atoms with E-state index in [9.17, 15) is 26.4 Å². The molecule has 0 aliphatic carbocycles. The van der Waals surface area contributed by atoms with Gasteiger partial charge in [-0.2, -0.15) is 13.2 Å². The maximum Gasteiger partial charge on any atom is 0.416 e. The molecule has 0 saturated heterocycles. The van der Waals surface area contributed by atoms with Gasteiger partial charge in [0.15, 0.2) is 0 Å². The van der Waals surface area contributed by atoms with E-state index >= 15 is 0 Å². The first-order valence-electron chi connectivity index (χ1n) is 9.66. The van der Waals surface area contributed by atoms with E-state index < -0.39 is 27.7 Å². The van der Waals surface area contributed by atoms with Gasteiger partial charge in [-0.25, -0.2) is 13.1 Å². The van der Waals surface area contributed by atoms with Gasteiger partial charge in [0, 0.05) is 23.8 Å². The van der Waals surface area contributed by atoms with Crippen molar-refractivity contribution in [3.8, 4) is 5.75 Å². The third kappa shape index (κ3) is 4.85. The van der Waals surface area contributed by atoms with Crippen LogP contribution >= 0.6 is 0 Å². The van der Waals surface area contributed by atoms with E-state index in [1.165, 1.54) is 36.3 Å². The minimum absolute atomic E-state index is 0.0820. The summed E-state index contributed by atoms with van der Waals surface area (Å²) in [5.41, 5.74) is 0.151. The molecule has 3 rings (SSSR count). The second kappa shape index (κ2) is 8.51. The predicted molar refractivity (Wildman–Crippen MR) is 110 cm³/mol. The van der Waals surface area contributed by atoms with Gasteiger partial charge < -0.3 is 9.64 Å². The summed E-state index contributed by atoms with van der Waals surface area (Å²) in [4.78, 5) is 14.4. The van der Waals surface area contributed by atoms with Gasteiger partial charge >= 0.3 is 6.18 Å². The Hall–Kier alpha value is -2.59. The van der Waals surface area contributed by atoms with Crippen molar-refractivity contribution in [3.63, 3.8) is 0 Å². The number of nitrogens with zero attached hydrogens (tertiary/aromatic N) is 1. The summed E-state index contributed by atoms with van der Waals surface area (Å²) in [6.07, 6.45) is -3.55. The molecule has 0 saturated carbocycles. The fraction of sp³-hybridized carbons (Fsp3) is 0.381. The molecule has 1 aliphatic rings. The van der Waals surface area contributed by atoms with E-state index in [4.69, 9.17) is 4.74 Å². The molecule has 6 nitrogen and oxygen atoms in total. The average Bonchev–Trinajstić information content (AvgIpc) is 2.70. The largest absolute Gasteiger partial charge is 0.495 e. The number of carbonyl (C=O) groups is 1. The molecule has 1 N–H and O–H groups in total. The van der Waals surface area contributed by atoms with Crippen molar-refractivity contribution >= 4 is 21.6 Å². The Morgan fingerprint density at radius 1 is 1.16 bits per heavy atom. The molecule has 0 radical (unpaired) electrons. The van der Waals surface area contributed by atoms with Gasteiger partial charge in [-0.1, -0.05) is 0 Å². The van der Waals surface area contributed by atoms with Crippen molar-refractivity contribution in [3.05, 3.63) is 53.1 Å². The van der Waals surface area contributed by atoms with Crippen LogP contribution in [0.1, 0.15) is 41.8 Å². The lowest BCUT2D eigenvalue weighted by Gasteiger charge is -2.30. The lowest BCUT2D eigenvalue weighted by Crippen LogP contribution is -2.36. The van der Waals surface area contributed by atoms with Gasteiger partial charge in [0.25, 0.3) is 5.91 Å². The summed E-state index contributed by atoms with van der Waals surface area (Å²) in [7, 11) is -2.62. The van der Waals surface area contributed by atoms with Crippen molar-refractivity contribution in [2.45, 2.75) is 43.8 Å². The summed E-state index contributed by atoms with van der Waals surface area (Å²) in [5.74, 6) is -0.414. The van der Waals surface area contributed by atoms with Crippen LogP contribution in [0.2, 0.25) is 0 Å². The molecular weight excluding hydrogens is 433 g/mol. The molecule has 0 atom stereocenters. The van der Waals surface area contributed by atoms with Crippen molar-refractivity contribution in [2.75, 3.05) is 18.6 Å². The van der Waals surface area contributed by atoms with Crippen molar-refractivity contribution in [2.24, 2.45) is 0 Å². The lowest BCUT2D eigenvalue weighted by molar-refractivity contribution is -0.137. The zero-order valence-electron chi connectivity index (χ0n) is 17.3. The summed E-state index contributed by atoms with van der Waals surface area (Å²) in [5, 5.41) is 0. The Bertz CT molecular complexity index is 1100.